The Balaban J connectivity index is 2.59. The van der Waals surface area contributed by atoms with Crippen LogP contribution in [0.5, 0.6) is 0 Å². The lowest BCUT2D eigenvalue weighted by atomic mass is 10.1. The fourth-order valence-electron chi connectivity index (χ4n) is 1.52. The van der Waals surface area contributed by atoms with E-state index in [1.165, 1.54) is 11.1 Å². The molecule has 1 aromatic heterocycles. The first-order valence-electron chi connectivity index (χ1n) is 4.76. The van der Waals surface area contributed by atoms with E-state index in [9.17, 15) is 0 Å². The van der Waals surface area contributed by atoms with Crippen LogP contribution in [0.25, 0.3) is 5.69 Å². The Morgan fingerprint density at radius 3 is 2.87 bits per heavy atom. The number of aromatic nitrogens is 3. The molecule has 0 aliphatic heterocycles. The zero-order valence-electron chi connectivity index (χ0n) is 8.74. The van der Waals surface area contributed by atoms with Crippen molar-refractivity contribution in [3.8, 4) is 5.69 Å². The SMILES string of the molecule is Cc1cccc(-n2nncc2CBr)c1C. The van der Waals surface area contributed by atoms with Gasteiger partial charge in [-0.05, 0) is 31.0 Å². The average molecular weight is 266 g/mol. The standard InChI is InChI=1S/C11H12BrN3/c1-8-4-3-5-11(9(8)2)15-10(6-12)7-13-14-15/h3-5,7H,6H2,1-2H3. The Morgan fingerprint density at radius 2 is 2.13 bits per heavy atom. The molecular formula is C11H12BrN3. The van der Waals surface area contributed by atoms with E-state index < -0.39 is 0 Å². The fourth-order valence-corrected chi connectivity index (χ4v) is 1.90. The summed E-state index contributed by atoms with van der Waals surface area (Å²) in [5.74, 6) is 0. The van der Waals surface area contributed by atoms with Gasteiger partial charge in [-0.2, -0.15) is 0 Å². The predicted molar refractivity (Wildman–Crippen MR) is 63.5 cm³/mol. The van der Waals surface area contributed by atoms with Crippen LogP contribution in [0.15, 0.2) is 24.4 Å². The molecule has 0 radical (unpaired) electrons. The number of benzene rings is 1. The van der Waals surface area contributed by atoms with E-state index in [4.69, 9.17) is 0 Å². The summed E-state index contributed by atoms with van der Waals surface area (Å²) in [6.07, 6.45) is 1.77. The summed E-state index contributed by atoms with van der Waals surface area (Å²) in [4.78, 5) is 0. The molecule has 4 heteroatoms. The van der Waals surface area contributed by atoms with Gasteiger partial charge in [0.05, 0.1) is 17.6 Å². The molecule has 0 aliphatic carbocycles. The highest BCUT2D eigenvalue weighted by atomic mass is 79.9. The van der Waals surface area contributed by atoms with Crippen LogP contribution in [-0.2, 0) is 5.33 Å². The zero-order chi connectivity index (χ0) is 10.8. The van der Waals surface area contributed by atoms with E-state index in [-0.39, 0.29) is 0 Å². The lowest BCUT2D eigenvalue weighted by Gasteiger charge is -2.09. The van der Waals surface area contributed by atoms with E-state index in [0.717, 1.165) is 16.7 Å². The highest BCUT2D eigenvalue weighted by molar-refractivity contribution is 9.08. The normalized spacial score (nSPS) is 10.6. The summed E-state index contributed by atoms with van der Waals surface area (Å²) >= 11 is 3.43. The highest BCUT2D eigenvalue weighted by Gasteiger charge is 2.08. The van der Waals surface area contributed by atoms with E-state index >= 15 is 0 Å². The van der Waals surface area contributed by atoms with Crippen LogP contribution >= 0.6 is 15.9 Å². The first-order chi connectivity index (χ1) is 7.24. The van der Waals surface area contributed by atoms with Gasteiger partial charge in [0, 0.05) is 5.33 Å². The predicted octanol–water partition coefficient (Wildman–Crippen LogP) is 2.78. The Hall–Kier alpha value is -1.16. The van der Waals surface area contributed by atoms with Crippen LogP contribution in [-0.4, -0.2) is 15.0 Å². The molecule has 0 saturated heterocycles. The Labute approximate surface area is 97.2 Å². The highest BCUT2D eigenvalue weighted by Crippen LogP contribution is 2.18. The monoisotopic (exact) mass is 265 g/mol. The minimum atomic E-state index is 0.757. The van der Waals surface area contributed by atoms with Crippen LogP contribution in [0.3, 0.4) is 0 Å². The van der Waals surface area contributed by atoms with Crippen molar-refractivity contribution in [2.75, 3.05) is 0 Å². The molecule has 0 N–H and O–H groups in total. The van der Waals surface area contributed by atoms with Gasteiger partial charge < -0.3 is 0 Å². The Morgan fingerprint density at radius 1 is 1.33 bits per heavy atom. The van der Waals surface area contributed by atoms with Crippen molar-refractivity contribution < 1.29 is 0 Å². The van der Waals surface area contributed by atoms with Crippen molar-refractivity contribution >= 4 is 15.9 Å². The van der Waals surface area contributed by atoms with E-state index in [2.05, 4.69) is 52.2 Å². The summed E-state index contributed by atoms with van der Waals surface area (Å²) < 4.78 is 1.87. The number of rotatable bonds is 2. The minimum absolute atomic E-state index is 0.757. The summed E-state index contributed by atoms with van der Waals surface area (Å²) in [6.45, 7) is 4.20. The van der Waals surface area contributed by atoms with Gasteiger partial charge >= 0.3 is 0 Å². The third-order valence-corrected chi connectivity index (χ3v) is 3.14. The van der Waals surface area contributed by atoms with Gasteiger partial charge in [-0.25, -0.2) is 4.68 Å². The molecule has 0 spiro atoms. The van der Waals surface area contributed by atoms with Crippen molar-refractivity contribution in [2.45, 2.75) is 19.2 Å². The summed E-state index contributed by atoms with van der Waals surface area (Å²) in [6, 6.07) is 6.20. The van der Waals surface area contributed by atoms with Gasteiger partial charge in [0.1, 0.15) is 0 Å². The largest absolute Gasteiger partial charge is 0.216 e. The number of hydrogen-bond donors (Lipinski definition) is 0. The molecular weight excluding hydrogens is 254 g/mol. The van der Waals surface area contributed by atoms with E-state index in [0.29, 0.717) is 0 Å². The first kappa shape index (κ1) is 10.4. The van der Waals surface area contributed by atoms with Crippen molar-refractivity contribution in [2.24, 2.45) is 0 Å². The molecule has 0 saturated carbocycles. The van der Waals surface area contributed by atoms with Crippen molar-refractivity contribution in [3.05, 3.63) is 41.2 Å². The summed E-state index contributed by atoms with van der Waals surface area (Å²) in [7, 11) is 0. The molecule has 2 rings (SSSR count). The van der Waals surface area contributed by atoms with E-state index in [1.807, 2.05) is 10.7 Å². The number of alkyl halides is 1. The number of nitrogens with zero attached hydrogens (tertiary/aromatic N) is 3. The van der Waals surface area contributed by atoms with Crippen LogP contribution in [0, 0.1) is 13.8 Å². The molecule has 0 fully saturated rings. The fraction of sp³-hybridized carbons (Fsp3) is 0.273. The maximum Gasteiger partial charge on any atom is 0.0751 e. The second kappa shape index (κ2) is 4.14. The topological polar surface area (TPSA) is 30.7 Å². The number of hydrogen-bond acceptors (Lipinski definition) is 2. The third-order valence-electron chi connectivity index (χ3n) is 2.56. The van der Waals surface area contributed by atoms with Gasteiger partial charge in [0.2, 0.25) is 0 Å². The Bertz CT molecular complexity index is 476. The van der Waals surface area contributed by atoms with Crippen molar-refractivity contribution in [1.29, 1.82) is 0 Å². The second-order valence-electron chi connectivity index (χ2n) is 3.49. The molecule has 1 aromatic carbocycles. The molecule has 0 unspecified atom stereocenters. The second-order valence-corrected chi connectivity index (χ2v) is 4.05. The third kappa shape index (κ3) is 1.81. The van der Waals surface area contributed by atoms with E-state index in [1.54, 1.807) is 6.20 Å². The lowest BCUT2D eigenvalue weighted by molar-refractivity contribution is 0.777. The van der Waals surface area contributed by atoms with Crippen molar-refractivity contribution in [3.63, 3.8) is 0 Å². The molecule has 2 aromatic rings. The van der Waals surface area contributed by atoms with Crippen LogP contribution in [0.1, 0.15) is 16.8 Å². The van der Waals surface area contributed by atoms with Gasteiger partial charge in [0.25, 0.3) is 0 Å². The number of aryl methyl sites for hydroxylation is 1. The van der Waals surface area contributed by atoms with Crippen LogP contribution in [0.2, 0.25) is 0 Å². The quantitative estimate of drug-likeness (QED) is 0.782. The molecule has 0 bridgehead atoms. The van der Waals surface area contributed by atoms with Crippen molar-refractivity contribution in [1.82, 2.24) is 15.0 Å². The van der Waals surface area contributed by atoms with Gasteiger partial charge in [-0.1, -0.05) is 33.3 Å². The minimum Gasteiger partial charge on any atom is -0.216 e. The molecule has 0 atom stereocenters. The maximum absolute atomic E-state index is 4.10. The molecule has 1 heterocycles. The van der Waals surface area contributed by atoms with Gasteiger partial charge in [0.15, 0.2) is 0 Å². The van der Waals surface area contributed by atoms with Crippen LogP contribution < -0.4 is 0 Å². The summed E-state index contributed by atoms with van der Waals surface area (Å²) in [5.41, 5.74) is 4.67. The number of halogens is 1. The maximum atomic E-state index is 4.10. The lowest BCUT2D eigenvalue weighted by Crippen LogP contribution is -2.03. The molecule has 15 heavy (non-hydrogen) atoms. The zero-order valence-corrected chi connectivity index (χ0v) is 10.3. The van der Waals surface area contributed by atoms with Gasteiger partial charge in [-0.15, -0.1) is 5.10 Å². The average Bonchev–Trinajstić information content (AvgIpc) is 2.70. The molecule has 0 amide bonds. The molecule has 0 aliphatic rings. The smallest absolute Gasteiger partial charge is 0.0751 e. The van der Waals surface area contributed by atoms with Crippen LogP contribution in [0.4, 0.5) is 0 Å². The molecule has 78 valence electrons. The molecule has 3 nitrogen and oxygen atoms in total. The summed E-state index contributed by atoms with van der Waals surface area (Å²) in [5, 5.41) is 8.78. The van der Waals surface area contributed by atoms with Gasteiger partial charge in [-0.3, -0.25) is 0 Å². The first-order valence-corrected chi connectivity index (χ1v) is 5.88. The Kier molecular flexibility index (Phi) is 2.86.